The summed E-state index contributed by atoms with van der Waals surface area (Å²) in [5.41, 5.74) is 5.03. The van der Waals surface area contributed by atoms with Gasteiger partial charge in [-0.25, -0.2) is 29.9 Å². The SMILES string of the molecule is C1CCC2Cc3c(c4nc5nc(nc6[nH]c(nc7nc(nc3[nH]4)C3CC4CCCCC4CC73)C3CC4CCCCC4CC63)C3CC4CCCCC4CC53)CC2C1. The molecule has 0 saturated heterocycles. The molecule has 7 fully saturated rings. The predicted molar refractivity (Wildman–Crippen MR) is 217 cm³/mol. The van der Waals surface area contributed by atoms with Crippen molar-refractivity contribution in [1.29, 1.82) is 0 Å². The number of hydrogen-bond acceptors (Lipinski definition) is 6. The molecule has 13 rings (SSSR count). The second-order valence-corrected chi connectivity index (χ2v) is 21.5. The van der Waals surface area contributed by atoms with Crippen molar-refractivity contribution in [3.05, 3.63) is 46.1 Å². The first-order valence-corrected chi connectivity index (χ1v) is 24.2. The van der Waals surface area contributed by atoms with E-state index in [4.69, 9.17) is 29.9 Å². The van der Waals surface area contributed by atoms with Crippen LogP contribution in [0.5, 0.6) is 0 Å². The molecule has 0 radical (unpaired) electrons. The van der Waals surface area contributed by atoms with E-state index < -0.39 is 0 Å². The lowest BCUT2D eigenvalue weighted by atomic mass is 9.63. The van der Waals surface area contributed by atoms with Gasteiger partial charge in [0, 0.05) is 46.6 Å². The van der Waals surface area contributed by atoms with Crippen molar-refractivity contribution >= 4 is 11.3 Å². The van der Waals surface area contributed by atoms with Gasteiger partial charge in [0.05, 0.1) is 0 Å². The van der Waals surface area contributed by atoms with Gasteiger partial charge < -0.3 is 9.97 Å². The molecule has 8 aliphatic carbocycles. The summed E-state index contributed by atoms with van der Waals surface area (Å²) in [5, 5.41) is 0. The number of nitrogens with zero attached hydrogens (tertiary/aromatic N) is 6. The average molecular weight is 753 g/mol. The topological polar surface area (TPSA) is 109 Å². The summed E-state index contributed by atoms with van der Waals surface area (Å²) in [4.78, 5) is 42.0. The van der Waals surface area contributed by atoms with E-state index in [0.717, 1.165) is 94.8 Å². The summed E-state index contributed by atoms with van der Waals surface area (Å²) >= 11 is 0. The number of rotatable bonds is 0. The van der Waals surface area contributed by atoms with Crippen LogP contribution in [-0.2, 0) is 12.8 Å². The minimum Gasteiger partial charge on any atom is -0.331 e. The summed E-state index contributed by atoms with van der Waals surface area (Å²) in [6.07, 6.45) is 31.9. The van der Waals surface area contributed by atoms with Gasteiger partial charge in [0.15, 0.2) is 0 Å². The van der Waals surface area contributed by atoms with E-state index in [1.54, 1.807) is 0 Å². The van der Waals surface area contributed by atoms with E-state index in [9.17, 15) is 0 Å². The lowest BCUT2D eigenvalue weighted by molar-refractivity contribution is 0.136. The number of fused-ring (bicyclic) bond motifs is 24. The van der Waals surface area contributed by atoms with Crippen LogP contribution in [0.3, 0.4) is 0 Å². The predicted octanol–water partition coefficient (Wildman–Crippen LogP) is 10.9. The second-order valence-electron chi connectivity index (χ2n) is 21.5. The van der Waals surface area contributed by atoms with Crippen molar-refractivity contribution in [2.24, 2.45) is 47.3 Å². The van der Waals surface area contributed by atoms with Gasteiger partial charge in [-0.05, 0) is 112 Å². The molecular formula is C48H64N8. The van der Waals surface area contributed by atoms with E-state index in [0.29, 0.717) is 35.5 Å². The zero-order valence-electron chi connectivity index (χ0n) is 33.7. The van der Waals surface area contributed by atoms with Gasteiger partial charge in [-0.1, -0.05) is 89.9 Å². The number of H-pyrrole nitrogens is 2. The Morgan fingerprint density at radius 3 is 0.964 bits per heavy atom. The van der Waals surface area contributed by atoms with Crippen LogP contribution < -0.4 is 0 Å². The van der Waals surface area contributed by atoms with Gasteiger partial charge in [-0.3, -0.25) is 0 Å². The van der Waals surface area contributed by atoms with Crippen LogP contribution in [0.2, 0.25) is 0 Å². The Balaban J connectivity index is 1.04. The summed E-state index contributed by atoms with van der Waals surface area (Å²) in [6, 6.07) is 0. The molecule has 0 amide bonds. The lowest BCUT2D eigenvalue weighted by Gasteiger charge is -2.41. The molecule has 14 unspecified atom stereocenters. The molecule has 8 bridgehead atoms. The molecule has 0 aromatic carbocycles. The first-order valence-electron chi connectivity index (χ1n) is 24.2. The highest BCUT2D eigenvalue weighted by molar-refractivity contribution is 5.67. The van der Waals surface area contributed by atoms with Crippen LogP contribution in [0.25, 0.3) is 11.3 Å². The van der Waals surface area contributed by atoms with Gasteiger partial charge in [0.25, 0.3) is 0 Å². The minimum atomic E-state index is 0.372. The van der Waals surface area contributed by atoms with E-state index in [1.807, 2.05) is 0 Å². The highest BCUT2D eigenvalue weighted by Crippen LogP contribution is 2.57. The first-order chi connectivity index (χ1) is 27.7. The average Bonchev–Trinajstić information content (AvgIpc) is 3.95. The van der Waals surface area contributed by atoms with Crippen LogP contribution in [0.15, 0.2) is 0 Å². The van der Waals surface area contributed by atoms with Crippen molar-refractivity contribution < 1.29 is 0 Å². The first kappa shape index (κ1) is 34.0. The summed E-state index contributed by atoms with van der Waals surface area (Å²) in [7, 11) is 0. The third-order valence-corrected chi connectivity index (χ3v) is 18.8. The summed E-state index contributed by atoms with van der Waals surface area (Å²) in [5.74, 6) is 15.4. The Hall–Kier alpha value is -2.90. The van der Waals surface area contributed by atoms with Crippen molar-refractivity contribution in [3.63, 3.8) is 0 Å². The zero-order valence-corrected chi connectivity index (χ0v) is 33.7. The smallest absolute Gasteiger partial charge is 0.137 e. The maximum absolute atomic E-state index is 5.75. The van der Waals surface area contributed by atoms with Crippen LogP contribution in [0.4, 0.5) is 0 Å². The van der Waals surface area contributed by atoms with Crippen LogP contribution >= 0.6 is 0 Å². The Morgan fingerprint density at radius 1 is 0.304 bits per heavy atom. The Bertz CT molecular complexity index is 1940. The van der Waals surface area contributed by atoms with Gasteiger partial charge in [-0.15, -0.1) is 0 Å². The van der Waals surface area contributed by atoms with Gasteiger partial charge in [0.1, 0.15) is 46.2 Å². The molecule has 56 heavy (non-hydrogen) atoms. The van der Waals surface area contributed by atoms with Crippen molar-refractivity contribution in [2.45, 2.75) is 190 Å². The molecule has 2 aromatic heterocycles. The van der Waals surface area contributed by atoms with Crippen LogP contribution in [-0.4, -0.2) is 39.9 Å². The molecule has 3 aliphatic heterocycles. The molecule has 7 saturated carbocycles. The van der Waals surface area contributed by atoms with Gasteiger partial charge in [0.2, 0.25) is 0 Å². The van der Waals surface area contributed by atoms with E-state index in [-0.39, 0.29) is 0 Å². The van der Waals surface area contributed by atoms with Gasteiger partial charge >= 0.3 is 0 Å². The molecular weight excluding hydrogens is 689 g/mol. The molecule has 2 N–H and O–H groups in total. The maximum Gasteiger partial charge on any atom is 0.137 e. The van der Waals surface area contributed by atoms with Crippen molar-refractivity contribution in [3.8, 4) is 0 Å². The highest BCUT2D eigenvalue weighted by Gasteiger charge is 2.49. The minimum absolute atomic E-state index is 0.372. The van der Waals surface area contributed by atoms with E-state index in [1.165, 1.54) is 164 Å². The highest BCUT2D eigenvalue weighted by atomic mass is 15.1. The molecule has 296 valence electrons. The van der Waals surface area contributed by atoms with E-state index in [2.05, 4.69) is 9.97 Å². The Labute approximate surface area is 333 Å². The molecule has 2 aromatic rings. The monoisotopic (exact) mass is 753 g/mol. The Kier molecular flexibility index (Phi) is 8.08. The largest absolute Gasteiger partial charge is 0.331 e. The normalized spacial score (nSPS) is 41.6. The second kappa shape index (κ2) is 13.3. The number of aromatic nitrogens is 8. The molecule has 14 atom stereocenters. The summed E-state index contributed by atoms with van der Waals surface area (Å²) < 4.78 is 0. The fourth-order valence-electron chi connectivity index (χ4n) is 15.9. The molecule has 11 aliphatic rings. The molecule has 8 nitrogen and oxygen atoms in total. The zero-order chi connectivity index (χ0) is 36.5. The number of aromatic amines is 2. The van der Waals surface area contributed by atoms with E-state index >= 15 is 0 Å². The fourth-order valence-corrected chi connectivity index (χ4v) is 15.9. The molecule has 8 heteroatoms. The van der Waals surface area contributed by atoms with Crippen molar-refractivity contribution in [2.75, 3.05) is 0 Å². The van der Waals surface area contributed by atoms with Gasteiger partial charge in [-0.2, -0.15) is 0 Å². The lowest BCUT2D eigenvalue weighted by Crippen LogP contribution is -2.31. The van der Waals surface area contributed by atoms with Crippen LogP contribution in [0.1, 0.15) is 223 Å². The number of hydrogen-bond donors (Lipinski definition) is 2. The standard InChI is InChI=1S/C48H64N8/c1-2-10-26-18-34-33(17-25(26)9-1)41-49-42(34)54-44-37-21-29-13-5-6-14-30(29)22-38(37)46(51-44)56-48-40-24-32-16-8-7-15-31(32)23-39(40)47(52-48)55-45-36-20-28-12-4-3-11-27(28)19-35(36)43(50-45)53-41/h25-38,52H,1-24H2,(H,49,50,51,53,54,55,56). The van der Waals surface area contributed by atoms with Crippen LogP contribution in [0, 0.1) is 47.3 Å². The fraction of sp³-hybridized carbons (Fsp3) is 0.792. The van der Waals surface area contributed by atoms with Crippen molar-refractivity contribution in [1.82, 2.24) is 39.9 Å². The summed E-state index contributed by atoms with van der Waals surface area (Å²) in [6.45, 7) is 0. The quantitative estimate of drug-likeness (QED) is 0.277. The molecule has 0 spiro atoms. The maximum atomic E-state index is 5.75. The Morgan fingerprint density at radius 2 is 0.607 bits per heavy atom. The third kappa shape index (κ3) is 5.47. The number of nitrogens with one attached hydrogen (secondary N) is 2. The third-order valence-electron chi connectivity index (χ3n) is 18.8. The molecule has 5 heterocycles.